The van der Waals surface area contributed by atoms with Crippen molar-refractivity contribution in [1.29, 1.82) is 0 Å². The predicted molar refractivity (Wildman–Crippen MR) is 100 cm³/mol. The van der Waals surface area contributed by atoms with Crippen molar-refractivity contribution in [3.05, 3.63) is 36.0 Å². The van der Waals surface area contributed by atoms with Gasteiger partial charge in [0.1, 0.15) is 17.9 Å². The van der Waals surface area contributed by atoms with Crippen LogP contribution in [0.2, 0.25) is 0 Å². The summed E-state index contributed by atoms with van der Waals surface area (Å²) in [7, 11) is 1.51. The topological polar surface area (TPSA) is 83.7 Å². The molecule has 2 saturated heterocycles. The van der Waals surface area contributed by atoms with Crippen LogP contribution < -0.4 is 5.32 Å². The molecule has 1 aromatic heterocycles. The smallest absolute Gasteiger partial charge is 0.270 e. The second-order valence-electron chi connectivity index (χ2n) is 7.40. The van der Waals surface area contributed by atoms with Gasteiger partial charge in [-0.3, -0.25) is 9.59 Å². The van der Waals surface area contributed by atoms with Crippen LogP contribution in [0.4, 0.5) is 0 Å². The molecular formula is C20H25N3O4. The number of H-pyrrole nitrogens is 1. The monoisotopic (exact) mass is 371 g/mol. The van der Waals surface area contributed by atoms with Crippen LogP contribution in [0.3, 0.4) is 0 Å². The fourth-order valence-electron chi connectivity index (χ4n) is 4.21. The number of methoxy groups -OCH3 is 1. The largest absolute Gasteiger partial charge is 0.375 e. The quantitative estimate of drug-likeness (QED) is 0.807. The molecule has 0 radical (unpaired) electrons. The van der Waals surface area contributed by atoms with E-state index in [2.05, 4.69) is 10.3 Å². The molecule has 2 fully saturated rings. The molecule has 0 aliphatic carbocycles. The molecule has 1 atom stereocenters. The highest BCUT2D eigenvalue weighted by atomic mass is 16.5. The number of rotatable bonds is 6. The maximum Gasteiger partial charge on any atom is 0.270 e. The lowest BCUT2D eigenvalue weighted by Crippen LogP contribution is -2.66. The molecule has 2 N–H and O–H groups in total. The summed E-state index contributed by atoms with van der Waals surface area (Å²) in [6.07, 6.45) is 1.82. The first kappa shape index (κ1) is 18.0. The zero-order chi connectivity index (χ0) is 18.9. The molecule has 1 aromatic carbocycles. The number of nitrogens with one attached hydrogen (secondary N) is 2. The molecule has 4 rings (SSSR count). The molecule has 0 bridgehead atoms. The SMILES string of the molecule is COCC(=O)NCC[C@H]1CCOC12CN(C(=O)c1cc3ccccc3[nH]1)C2. The Bertz CT molecular complexity index is 808. The Kier molecular flexibility index (Phi) is 4.88. The summed E-state index contributed by atoms with van der Waals surface area (Å²) in [5, 5.41) is 3.91. The molecule has 1 spiro atoms. The van der Waals surface area contributed by atoms with Crippen molar-refractivity contribution in [1.82, 2.24) is 15.2 Å². The summed E-state index contributed by atoms with van der Waals surface area (Å²) in [4.78, 5) is 29.3. The highest BCUT2D eigenvalue weighted by Crippen LogP contribution is 2.42. The van der Waals surface area contributed by atoms with Crippen molar-refractivity contribution in [2.75, 3.05) is 40.0 Å². The van der Waals surface area contributed by atoms with Crippen LogP contribution in [0.15, 0.2) is 30.3 Å². The van der Waals surface area contributed by atoms with Crippen LogP contribution in [-0.4, -0.2) is 67.3 Å². The Morgan fingerprint density at radius 2 is 2.19 bits per heavy atom. The molecule has 7 nitrogen and oxygen atoms in total. The zero-order valence-corrected chi connectivity index (χ0v) is 15.5. The first-order valence-electron chi connectivity index (χ1n) is 9.38. The van der Waals surface area contributed by atoms with Gasteiger partial charge in [-0.1, -0.05) is 18.2 Å². The number of ether oxygens (including phenoxy) is 2. The van der Waals surface area contributed by atoms with Crippen LogP contribution in [0.5, 0.6) is 0 Å². The molecule has 0 saturated carbocycles. The Morgan fingerprint density at radius 3 is 2.96 bits per heavy atom. The van der Waals surface area contributed by atoms with E-state index in [1.165, 1.54) is 7.11 Å². The normalized spacial score (nSPS) is 20.8. The summed E-state index contributed by atoms with van der Waals surface area (Å²) in [5.74, 6) is 0.265. The van der Waals surface area contributed by atoms with E-state index in [1.807, 2.05) is 35.2 Å². The number of amides is 2. The van der Waals surface area contributed by atoms with E-state index >= 15 is 0 Å². The number of benzene rings is 1. The van der Waals surface area contributed by atoms with Crippen LogP contribution in [0, 0.1) is 5.92 Å². The Labute approximate surface area is 158 Å². The van der Waals surface area contributed by atoms with Crippen molar-refractivity contribution in [2.24, 2.45) is 5.92 Å². The maximum absolute atomic E-state index is 12.8. The van der Waals surface area contributed by atoms with Gasteiger partial charge >= 0.3 is 0 Å². The molecule has 144 valence electrons. The van der Waals surface area contributed by atoms with Crippen molar-refractivity contribution >= 4 is 22.7 Å². The van der Waals surface area contributed by atoms with Crippen molar-refractivity contribution in [3.8, 4) is 0 Å². The van der Waals surface area contributed by atoms with Crippen LogP contribution >= 0.6 is 0 Å². The second kappa shape index (κ2) is 7.32. The van der Waals surface area contributed by atoms with Gasteiger partial charge in [-0.25, -0.2) is 0 Å². The molecule has 3 heterocycles. The van der Waals surface area contributed by atoms with E-state index in [0.717, 1.165) is 23.7 Å². The third kappa shape index (κ3) is 3.44. The van der Waals surface area contributed by atoms with Gasteiger partial charge in [0.05, 0.1) is 13.1 Å². The van der Waals surface area contributed by atoms with Crippen LogP contribution in [-0.2, 0) is 14.3 Å². The molecule has 2 aliphatic heterocycles. The van der Waals surface area contributed by atoms with Gasteiger partial charge in [0.15, 0.2) is 0 Å². The van der Waals surface area contributed by atoms with E-state index < -0.39 is 0 Å². The van der Waals surface area contributed by atoms with Crippen LogP contribution in [0.1, 0.15) is 23.3 Å². The summed E-state index contributed by atoms with van der Waals surface area (Å²) < 4.78 is 10.8. The minimum atomic E-state index is -0.256. The van der Waals surface area contributed by atoms with Crippen molar-refractivity contribution < 1.29 is 19.1 Å². The fraction of sp³-hybridized carbons (Fsp3) is 0.500. The molecule has 2 aliphatic rings. The summed E-state index contributed by atoms with van der Waals surface area (Å²) in [6.45, 7) is 2.62. The minimum Gasteiger partial charge on any atom is -0.375 e. The van der Waals surface area contributed by atoms with Gasteiger partial charge in [0.25, 0.3) is 5.91 Å². The Morgan fingerprint density at radius 1 is 1.37 bits per heavy atom. The zero-order valence-electron chi connectivity index (χ0n) is 15.5. The van der Waals surface area contributed by atoms with Crippen LogP contribution in [0.25, 0.3) is 10.9 Å². The second-order valence-corrected chi connectivity index (χ2v) is 7.40. The average molecular weight is 371 g/mol. The number of para-hydroxylation sites is 1. The molecule has 2 amide bonds. The van der Waals surface area contributed by atoms with E-state index in [-0.39, 0.29) is 24.0 Å². The van der Waals surface area contributed by atoms with E-state index in [0.29, 0.717) is 37.9 Å². The summed E-state index contributed by atoms with van der Waals surface area (Å²) in [6, 6.07) is 9.78. The van der Waals surface area contributed by atoms with E-state index in [1.54, 1.807) is 0 Å². The Hall–Kier alpha value is -2.38. The van der Waals surface area contributed by atoms with Gasteiger partial charge in [0, 0.05) is 31.2 Å². The lowest BCUT2D eigenvalue weighted by Gasteiger charge is -2.50. The number of carbonyl (C=O) groups is 2. The predicted octanol–water partition coefficient (Wildman–Crippen LogP) is 1.55. The number of hydrogen-bond donors (Lipinski definition) is 2. The lowest BCUT2D eigenvalue weighted by molar-refractivity contribution is -0.126. The minimum absolute atomic E-state index is 0.0134. The van der Waals surface area contributed by atoms with Gasteiger partial charge in [-0.05, 0) is 30.9 Å². The third-order valence-electron chi connectivity index (χ3n) is 5.65. The summed E-state index contributed by atoms with van der Waals surface area (Å²) >= 11 is 0. The van der Waals surface area contributed by atoms with Gasteiger partial charge < -0.3 is 24.7 Å². The van der Waals surface area contributed by atoms with Crippen molar-refractivity contribution in [2.45, 2.75) is 18.4 Å². The molecular weight excluding hydrogens is 346 g/mol. The van der Waals surface area contributed by atoms with Gasteiger partial charge in [0.2, 0.25) is 5.91 Å². The maximum atomic E-state index is 12.8. The van der Waals surface area contributed by atoms with Crippen molar-refractivity contribution in [3.63, 3.8) is 0 Å². The summed E-state index contributed by atoms with van der Waals surface area (Å²) in [5.41, 5.74) is 1.33. The Balaban J connectivity index is 1.34. The average Bonchev–Trinajstić information content (AvgIpc) is 3.24. The third-order valence-corrected chi connectivity index (χ3v) is 5.65. The number of aromatic amines is 1. The number of likely N-dealkylation sites (tertiary alicyclic amines) is 1. The standard InChI is InChI=1S/C20H25N3O4/c1-26-11-18(24)21-8-6-15-7-9-27-20(15)12-23(13-20)19(25)17-10-14-4-2-3-5-16(14)22-17/h2-5,10,15,22H,6-9,11-13H2,1H3,(H,21,24)/t15-/m0/s1. The number of fused-ring (bicyclic) bond motifs is 1. The van der Waals surface area contributed by atoms with E-state index in [4.69, 9.17) is 9.47 Å². The van der Waals surface area contributed by atoms with Gasteiger partial charge in [-0.15, -0.1) is 0 Å². The molecule has 0 unspecified atom stereocenters. The first-order chi connectivity index (χ1) is 13.1. The highest BCUT2D eigenvalue weighted by molar-refractivity contribution is 5.98. The lowest BCUT2D eigenvalue weighted by atomic mass is 9.78. The van der Waals surface area contributed by atoms with E-state index in [9.17, 15) is 9.59 Å². The molecule has 27 heavy (non-hydrogen) atoms. The first-order valence-corrected chi connectivity index (χ1v) is 9.38. The highest BCUT2D eigenvalue weighted by Gasteiger charge is 2.54. The number of carbonyl (C=O) groups excluding carboxylic acids is 2. The number of nitrogens with zero attached hydrogens (tertiary/aromatic N) is 1. The number of aromatic nitrogens is 1. The number of hydrogen-bond acceptors (Lipinski definition) is 4. The molecule has 2 aromatic rings. The molecule has 7 heteroatoms. The fourth-order valence-corrected chi connectivity index (χ4v) is 4.21. The van der Waals surface area contributed by atoms with Gasteiger partial charge in [-0.2, -0.15) is 0 Å².